The van der Waals surface area contributed by atoms with Crippen molar-refractivity contribution in [3.63, 3.8) is 0 Å². The maximum absolute atomic E-state index is 4.39. The topological polar surface area (TPSA) is 41.1 Å². The Morgan fingerprint density at radius 3 is 2.50 bits per heavy atom. The molecular formula is C12H22N4. The number of hydrogen-bond donors (Lipinski definition) is 1. The summed E-state index contributed by atoms with van der Waals surface area (Å²) in [6.07, 6.45) is 4.79. The molecule has 0 fully saturated rings. The van der Waals surface area contributed by atoms with Crippen LogP contribution in [0.15, 0.2) is 12.4 Å². The second-order valence-corrected chi connectivity index (χ2v) is 4.21. The molecule has 1 N–H and O–H groups in total. The molecule has 0 aromatic carbocycles. The van der Waals surface area contributed by atoms with E-state index >= 15 is 0 Å². The van der Waals surface area contributed by atoms with Crippen LogP contribution in [0.25, 0.3) is 0 Å². The minimum atomic E-state index is 0.547. The predicted molar refractivity (Wildman–Crippen MR) is 67.4 cm³/mol. The van der Waals surface area contributed by atoms with E-state index in [0.717, 1.165) is 24.6 Å². The second kappa shape index (κ2) is 6.43. The lowest BCUT2D eigenvalue weighted by molar-refractivity contribution is 0.210. The Balaban J connectivity index is 2.62. The number of aromatic nitrogens is 2. The molecule has 4 heteroatoms. The fourth-order valence-electron chi connectivity index (χ4n) is 1.58. The van der Waals surface area contributed by atoms with Crippen molar-refractivity contribution in [3.05, 3.63) is 18.1 Å². The molecule has 1 heterocycles. The van der Waals surface area contributed by atoms with E-state index in [1.807, 2.05) is 13.2 Å². The number of hydrogen-bond acceptors (Lipinski definition) is 4. The summed E-state index contributed by atoms with van der Waals surface area (Å²) in [5.74, 6) is 0.815. The van der Waals surface area contributed by atoms with Gasteiger partial charge >= 0.3 is 0 Å². The molecule has 0 saturated carbocycles. The van der Waals surface area contributed by atoms with Gasteiger partial charge in [0.15, 0.2) is 0 Å². The summed E-state index contributed by atoms with van der Waals surface area (Å²) in [4.78, 5) is 11.1. The van der Waals surface area contributed by atoms with Crippen LogP contribution in [-0.2, 0) is 6.54 Å². The molecule has 0 aliphatic heterocycles. The highest BCUT2D eigenvalue weighted by Crippen LogP contribution is 2.07. The Hall–Kier alpha value is -1.16. The van der Waals surface area contributed by atoms with Gasteiger partial charge in [-0.15, -0.1) is 0 Å². The Labute approximate surface area is 98.1 Å². The highest BCUT2D eigenvalue weighted by atomic mass is 15.2. The van der Waals surface area contributed by atoms with E-state index in [9.17, 15) is 0 Å². The molecule has 0 spiro atoms. The third-order valence-electron chi connectivity index (χ3n) is 2.57. The Morgan fingerprint density at radius 1 is 1.31 bits per heavy atom. The number of anilines is 1. The van der Waals surface area contributed by atoms with Gasteiger partial charge in [-0.2, -0.15) is 0 Å². The van der Waals surface area contributed by atoms with Gasteiger partial charge in [0.2, 0.25) is 0 Å². The summed E-state index contributed by atoms with van der Waals surface area (Å²) < 4.78 is 0. The van der Waals surface area contributed by atoms with Crippen molar-refractivity contribution >= 4 is 5.82 Å². The lowest BCUT2D eigenvalue weighted by Crippen LogP contribution is -2.31. The molecule has 0 bridgehead atoms. The molecule has 16 heavy (non-hydrogen) atoms. The molecular weight excluding hydrogens is 200 g/mol. The molecule has 1 rings (SSSR count). The van der Waals surface area contributed by atoms with Gasteiger partial charge in [-0.05, 0) is 26.8 Å². The monoisotopic (exact) mass is 222 g/mol. The third-order valence-corrected chi connectivity index (χ3v) is 2.57. The van der Waals surface area contributed by atoms with Crippen molar-refractivity contribution in [1.82, 2.24) is 14.9 Å². The van der Waals surface area contributed by atoms with Gasteiger partial charge in [0.05, 0.1) is 18.1 Å². The molecule has 4 nitrogen and oxygen atoms in total. The SMILES string of the molecule is CCCN(Cc1cnc(NC)cn1)C(C)C. The van der Waals surface area contributed by atoms with Crippen LogP contribution in [0.5, 0.6) is 0 Å². The average molecular weight is 222 g/mol. The minimum absolute atomic E-state index is 0.547. The first-order valence-electron chi connectivity index (χ1n) is 5.90. The molecule has 1 aromatic heterocycles. The molecule has 0 aliphatic rings. The minimum Gasteiger partial charge on any atom is -0.372 e. The van der Waals surface area contributed by atoms with Crippen LogP contribution < -0.4 is 5.32 Å². The highest BCUT2D eigenvalue weighted by molar-refractivity contribution is 5.29. The number of nitrogens with one attached hydrogen (secondary N) is 1. The summed E-state index contributed by atoms with van der Waals surface area (Å²) in [5.41, 5.74) is 1.03. The first-order valence-corrected chi connectivity index (χ1v) is 5.90. The normalized spacial score (nSPS) is 11.1. The van der Waals surface area contributed by atoms with E-state index in [1.54, 1.807) is 6.20 Å². The largest absolute Gasteiger partial charge is 0.372 e. The van der Waals surface area contributed by atoms with Crippen molar-refractivity contribution in [3.8, 4) is 0 Å². The van der Waals surface area contributed by atoms with Crippen LogP contribution in [0.2, 0.25) is 0 Å². The van der Waals surface area contributed by atoms with Gasteiger partial charge in [-0.3, -0.25) is 9.88 Å². The van der Waals surface area contributed by atoms with Crippen LogP contribution in [0.4, 0.5) is 5.82 Å². The maximum Gasteiger partial charge on any atom is 0.144 e. The Morgan fingerprint density at radius 2 is 2.06 bits per heavy atom. The third kappa shape index (κ3) is 3.77. The summed E-state index contributed by atoms with van der Waals surface area (Å²) in [6.45, 7) is 8.61. The molecule has 0 atom stereocenters. The van der Waals surface area contributed by atoms with Crippen LogP contribution in [-0.4, -0.2) is 34.5 Å². The first kappa shape index (κ1) is 12.9. The second-order valence-electron chi connectivity index (χ2n) is 4.21. The van der Waals surface area contributed by atoms with E-state index in [0.29, 0.717) is 6.04 Å². The van der Waals surface area contributed by atoms with Gasteiger partial charge < -0.3 is 5.32 Å². The molecule has 0 amide bonds. The summed E-state index contributed by atoms with van der Waals surface area (Å²) in [6, 6.07) is 0.547. The van der Waals surface area contributed by atoms with Crippen molar-refractivity contribution in [2.75, 3.05) is 18.9 Å². The van der Waals surface area contributed by atoms with Gasteiger partial charge in [0.1, 0.15) is 5.82 Å². The zero-order valence-corrected chi connectivity index (χ0v) is 10.7. The van der Waals surface area contributed by atoms with Crippen LogP contribution in [0.3, 0.4) is 0 Å². The van der Waals surface area contributed by atoms with E-state index in [1.165, 1.54) is 6.42 Å². The Kier molecular flexibility index (Phi) is 5.19. The molecule has 1 aromatic rings. The highest BCUT2D eigenvalue weighted by Gasteiger charge is 2.09. The average Bonchev–Trinajstić information content (AvgIpc) is 2.29. The zero-order chi connectivity index (χ0) is 12.0. The standard InChI is InChI=1S/C12H22N4/c1-5-6-16(10(2)3)9-11-7-15-12(13-4)8-14-11/h7-8,10H,5-6,9H2,1-4H3,(H,13,15). The van der Waals surface area contributed by atoms with E-state index in [4.69, 9.17) is 0 Å². The lowest BCUT2D eigenvalue weighted by Gasteiger charge is -2.25. The van der Waals surface area contributed by atoms with E-state index in [-0.39, 0.29) is 0 Å². The summed E-state index contributed by atoms with van der Waals surface area (Å²) in [7, 11) is 1.85. The van der Waals surface area contributed by atoms with Crippen molar-refractivity contribution < 1.29 is 0 Å². The molecule has 0 unspecified atom stereocenters. The fourth-order valence-corrected chi connectivity index (χ4v) is 1.58. The molecule has 0 aliphatic carbocycles. The predicted octanol–water partition coefficient (Wildman–Crippen LogP) is 2.14. The smallest absolute Gasteiger partial charge is 0.144 e. The van der Waals surface area contributed by atoms with Gasteiger partial charge in [-0.1, -0.05) is 6.92 Å². The fraction of sp³-hybridized carbons (Fsp3) is 0.667. The lowest BCUT2D eigenvalue weighted by atomic mass is 10.2. The number of nitrogens with zero attached hydrogens (tertiary/aromatic N) is 3. The van der Waals surface area contributed by atoms with E-state index < -0.39 is 0 Å². The maximum atomic E-state index is 4.39. The summed E-state index contributed by atoms with van der Waals surface area (Å²) >= 11 is 0. The van der Waals surface area contributed by atoms with Crippen molar-refractivity contribution in [2.24, 2.45) is 0 Å². The van der Waals surface area contributed by atoms with Crippen LogP contribution in [0, 0.1) is 0 Å². The van der Waals surface area contributed by atoms with Gasteiger partial charge in [-0.25, -0.2) is 4.98 Å². The molecule has 0 saturated heterocycles. The van der Waals surface area contributed by atoms with Gasteiger partial charge in [0, 0.05) is 19.6 Å². The van der Waals surface area contributed by atoms with Crippen LogP contribution in [0.1, 0.15) is 32.9 Å². The van der Waals surface area contributed by atoms with Crippen molar-refractivity contribution in [2.45, 2.75) is 39.8 Å². The van der Waals surface area contributed by atoms with E-state index in [2.05, 4.69) is 41.0 Å². The van der Waals surface area contributed by atoms with Crippen LogP contribution >= 0.6 is 0 Å². The number of rotatable bonds is 6. The molecule has 0 radical (unpaired) electrons. The first-order chi connectivity index (χ1) is 7.67. The quantitative estimate of drug-likeness (QED) is 0.800. The molecule has 90 valence electrons. The van der Waals surface area contributed by atoms with Crippen molar-refractivity contribution in [1.29, 1.82) is 0 Å². The summed E-state index contributed by atoms with van der Waals surface area (Å²) in [5, 5.41) is 2.97. The zero-order valence-electron chi connectivity index (χ0n) is 10.7. The Bertz CT molecular complexity index is 294. The van der Waals surface area contributed by atoms with Gasteiger partial charge in [0.25, 0.3) is 0 Å².